The first-order valence-electron chi connectivity index (χ1n) is 10.1. The van der Waals surface area contributed by atoms with Gasteiger partial charge in [0.15, 0.2) is 5.54 Å². The van der Waals surface area contributed by atoms with Crippen molar-refractivity contribution in [2.24, 2.45) is 4.99 Å². The third kappa shape index (κ3) is 6.92. The summed E-state index contributed by atoms with van der Waals surface area (Å²) in [6.07, 6.45) is 4.67. The highest BCUT2D eigenvalue weighted by Gasteiger charge is 2.41. The molecule has 0 fully saturated rings. The summed E-state index contributed by atoms with van der Waals surface area (Å²) < 4.78 is 11.0. The molecule has 0 spiro atoms. The largest absolute Gasteiger partial charge is 0.458 e. The van der Waals surface area contributed by atoms with Crippen LogP contribution in [0.2, 0.25) is 0 Å². The first-order chi connectivity index (χ1) is 14.3. The van der Waals surface area contributed by atoms with E-state index in [0.29, 0.717) is 19.4 Å². The van der Waals surface area contributed by atoms with Crippen LogP contribution in [0.15, 0.2) is 77.8 Å². The van der Waals surface area contributed by atoms with Crippen LogP contribution in [0.5, 0.6) is 0 Å². The zero-order valence-electron chi connectivity index (χ0n) is 18.1. The number of ether oxygens (including phenoxy) is 1. The summed E-state index contributed by atoms with van der Waals surface area (Å²) in [4.78, 5) is 18.6. The van der Waals surface area contributed by atoms with Crippen molar-refractivity contribution >= 4 is 27.9 Å². The quantitative estimate of drug-likeness (QED) is 0.245. The van der Waals surface area contributed by atoms with Crippen LogP contribution in [0.3, 0.4) is 0 Å². The number of aliphatic imine (C=N–C) groups is 1. The SMILES string of the molecule is C/C=C/CC(CCOBr)(N=C(c1ccccc1)c1ccccc1)C(=O)OC(C)(C)C. The topological polar surface area (TPSA) is 47.9 Å². The molecule has 2 aromatic rings. The third-order valence-electron chi connectivity index (χ3n) is 4.48. The van der Waals surface area contributed by atoms with Gasteiger partial charge in [0, 0.05) is 24.0 Å². The van der Waals surface area contributed by atoms with Crippen LogP contribution < -0.4 is 0 Å². The third-order valence-corrected chi connectivity index (χ3v) is 4.81. The highest BCUT2D eigenvalue weighted by Crippen LogP contribution is 2.29. The van der Waals surface area contributed by atoms with Gasteiger partial charge in [-0.05, 0) is 27.7 Å². The second-order valence-electron chi connectivity index (χ2n) is 8.06. The Bertz CT molecular complexity index is 815. The van der Waals surface area contributed by atoms with Crippen molar-refractivity contribution in [1.29, 1.82) is 0 Å². The number of hydrogen-bond acceptors (Lipinski definition) is 4. The average molecular weight is 472 g/mol. The standard InChI is InChI=1S/C25H30BrNO3/c1-5-6-17-25(18-19-29-26,23(28)30-24(2,3)4)27-22(20-13-9-7-10-14-20)21-15-11-8-12-16-21/h5-16H,17-19H2,1-4H3/b6-5+. The number of hydrogen-bond donors (Lipinski definition) is 0. The van der Waals surface area contributed by atoms with E-state index in [2.05, 4.69) is 16.3 Å². The minimum Gasteiger partial charge on any atom is -0.458 e. The number of allylic oxidation sites excluding steroid dienone is 1. The second kappa shape index (κ2) is 11.2. The molecule has 0 aliphatic heterocycles. The van der Waals surface area contributed by atoms with E-state index in [9.17, 15) is 4.79 Å². The first kappa shape index (κ1) is 24.0. The van der Waals surface area contributed by atoms with Crippen LogP contribution in [0.25, 0.3) is 0 Å². The molecule has 1 unspecified atom stereocenters. The van der Waals surface area contributed by atoms with Gasteiger partial charge in [0.25, 0.3) is 0 Å². The summed E-state index contributed by atoms with van der Waals surface area (Å²) in [7, 11) is 0. The Balaban J connectivity index is 2.70. The van der Waals surface area contributed by atoms with E-state index in [1.165, 1.54) is 0 Å². The van der Waals surface area contributed by atoms with Gasteiger partial charge in [-0.1, -0.05) is 72.8 Å². The maximum Gasteiger partial charge on any atom is 0.334 e. The molecular formula is C25H30BrNO3. The lowest BCUT2D eigenvalue weighted by Crippen LogP contribution is -2.43. The van der Waals surface area contributed by atoms with Crippen LogP contribution in [-0.2, 0) is 13.4 Å². The van der Waals surface area contributed by atoms with Crippen molar-refractivity contribution in [3.05, 3.63) is 83.9 Å². The number of benzene rings is 2. The molecule has 0 aromatic heterocycles. The number of nitrogens with zero attached hydrogens (tertiary/aromatic N) is 1. The van der Waals surface area contributed by atoms with Gasteiger partial charge >= 0.3 is 5.97 Å². The Morgan fingerprint density at radius 3 is 1.97 bits per heavy atom. The lowest BCUT2D eigenvalue weighted by atomic mass is 9.90. The molecule has 0 saturated heterocycles. The van der Waals surface area contributed by atoms with E-state index in [1.54, 1.807) is 0 Å². The van der Waals surface area contributed by atoms with Crippen LogP contribution in [-0.4, -0.2) is 29.4 Å². The second-order valence-corrected chi connectivity index (χ2v) is 8.52. The van der Waals surface area contributed by atoms with E-state index in [4.69, 9.17) is 13.6 Å². The summed E-state index contributed by atoms with van der Waals surface area (Å²) in [6.45, 7) is 7.85. The molecule has 0 radical (unpaired) electrons. The summed E-state index contributed by atoms with van der Waals surface area (Å²) in [5, 5.41) is 0. The number of carbonyl (C=O) groups excluding carboxylic acids is 1. The van der Waals surface area contributed by atoms with Crippen molar-refractivity contribution in [3.63, 3.8) is 0 Å². The van der Waals surface area contributed by atoms with E-state index < -0.39 is 11.1 Å². The van der Waals surface area contributed by atoms with Gasteiger partial charge in [-0.15, -0.1) is 0 Å². The van der Waals surface area contributed by atoms with Crippen molar-refractivity contribution in [1.82, 2.24) is 0 Å². The minimum atomic E-state index is -1.12. The van der Waals surface area contributed by atoms with Gasteiger partial charge in [-0.25, -0.2) is 4.79 Å². The summed E-state index contributed by atoms with van der Waals surface area (Å²) in [6, 6.07) is 19.8. The predicted molar refractivity (Wildman–Crippen MR) is 126 cm³/mol. The molecule has 1 atom stereocenters. The van der Waals surface area contributed by atoms with E-state index in [0.717, 1.165) is 16.8 Å². The Morgan fingerprint density at radius 1 is 1.00 bits per heavy atom. The van der Waals surface area contributed by atoms with Gasteiger partial charge in [-0.2, -0.15) is 0 Å². The Kier molecular flexibility index (Phi) is 9.00. The molecule has 4 nitrogen and oxygen atoms in total. The number of carbonyl (C=O) groups is 1. The molecule has 0 aliphatic rings. The molecular weight excluding hydrogens is 442 g/mol. The van der Waals surface area contributed by atoms with E-state index >= 15 is 0 Å². The molecule has 0 N–H and O–H groups in total. The monoisotopic (exact) mass is 471 g/mol. The fraction of sp³-hybridized carbons (Fsp3) is 0.360. The Morgan fingerprint density at radius 2 is 1.53 bits per heavy atom. The maximum atomic E-state index is 13.5. The fourth-order valence-corrected chi connectivity index (χ4v) is 3.19. The highest BCUT2D eigenvalue weighted by atomic mass is 79.9. The molecule has 0 heterocycles. The average Bonchev–Trinajstić information content (AvgIpc) is 2.73. The minimum absolute atomic E-state index is 0.317. The van der Waals surface area contributed by atoms with Crippen molar-refractivity contribution in [3.8, 4) is 0 Å². The highest BCUT2D eigenvalue weighted by molar-refractivity contribution is 9.06. The maximum absolute atomic E-state index is 13.5. The summed E-state index contributed by atoms with van der Waals surface area (Å²) >= 11 is 3.02. The van der Waals surface area contributed by atoms with Gasteiger partial charge in [0.1, 0.15) is 5.60 Å². The zero-order valence-corrected chi connectivity index (χ0v) is 19.7. The van der Waals surface area contributed by atoms with Gasteiger partial charge in [0.2, 0.25) is 0 Å². The smallest absolute Gasteiger partial charge is 0.334 e. The molecule has 0 saturated carbocycles. The van der Waals surface area contributed by atoms with Gasteiger partial charge in [0.05, 0.1) is 28.6 Å². The van der Waals surface area contributed by atoms with Crippen LogP contribution in [0.1, 0.15) is 51.7 Å². The van der Waals surface area contributed by atoms with Crippen molar-refractivity contribution < 1.29 is 13.4 Å². The molecule has 0 aliphatic carbocycles. The lowest BCUT2D eigenvalue weighted by Gasteiger charge is -2.31. The van der Waals surface area contributed by atoms with Crippen molar-refractivity contribution in [2.45, 2.75) is 51.7 Å². The number of rotatable bonds is 9. The number of halogens is 1. The molecule has 30 heavy (non-hydrogen) atoms. The molecule has 2 aromatic carbocycles. The van der Waals surface area contributed by atoms with Crippen LogP contribution in [0, 0.1) is 0 Å². The Labute approximate surface area is 188 Å². The normalized spacial score (nSPS) is 13.6. The van der Waals surface area contributed by atoms with Crippen molar-refractivity contribution in [2.75, 3.05) is 6.61 Å². The molecule has 2 rings (SSSR count). The van der Waals surface area contributed by atoms with Crippen LogP contribution in [0.4, 0.5) is 0 Å². The lowest BCUT2D eigenvalue weighted by molar-refractivity contribution is -0.162. The fourth-order valence-electron chi connectivity index (χ4n) is 3.03. The predicted octanol–water partition coefficient (Wildman–Crippen LogP) is 6.29. The first-order valence-corrected chi connectivity index (χ1v) is 10.7. The van der Waals surface area contributed by atoms with E-state index in [1.807, 2.05) is 101 Å². The molecule has 5 heteroatoms. The van der Waals surface area contributed by atoms with Gasteiger partial charge < -0.3 is 8.57 Å². The van der Waals surface area contributed by atoms with Crippen LogP contribution >= 0.6 is 16.3 Å². The zero-order chi connectivity index (χ0) is 22.0. The van der Waals surface area contributed by atoms with Gasteiger partial charge in [-0.3, -0.25) is 4.99 Å². The summed E-state index contributed by atoms with van der Waals surface area (Å²) in [5.41, 5.74) is 0.895. The molecule has 160 valence electrons. The summed E-state index contributed by atoms with van der Waals surface area (Å²) in [5.74, 6) is -0.359. The molecule has 0 amide bonds. The van der Waals surface area contributed by atoms with E-state index in [-0.39, 0.29) is 5.97 Å². The molecule has 0 bridgehead atoms. The number of esters is 1. The Hall–Kier alpha value is -2.24.